The van der Waals surface area contributed by atoms with Gasteiger partial charge in [-0.05, 0) is 0 Å². The normalized spacial score (nSPS) is 9.62. The Bertz CT molecular complexity index is 136. The molecule has 0 saturated heterocycles. The van der Waals surface area contributed by atoms with E-state index in [9.17, 15) is 0 Å². The standard InChI is InChI=1S/C5H8N2O/c6-2-1-5-7-3-4-8-5/h3-4H,1-2,6H2. The van der Waals surface area contributed by atoms with E-state index in [0.29, 0.717) is 12.4 Å². The first-order valence-electron chi connectivity index (χ1n) is 2.52. The Hall–Kier alpha value is -0.830. The average Bonchev–Trinajstić information content (AvgIpc) is 2.19. The van der Waals surface area contributed by atoms with Crippen molar-refractivity contribution in [1.82, 2.24) is 4.98 Å². The van der Waals surface area contributed by atoms with Gasteiger partial charge < -0.3 is 10.2 Å². The highest BCUT2D eigenvalue weighted by atomic mass is 16.3. The smallest absolute Gasteiger partial charge is 0.195 e. The molecule has 8 heavy (non-hydrogen) atoms. The lowest BCUT2D eigenvalue weighted by atomic mass is 10.4. The molecule has 3 heteroatoms. The van der Waals surface area contributed by atoms with Crippen molar-refractivity contribution in [3.05, 3.63) is 18.4 Å². The Labute approximate surface area is 47.5 Å². The minimum absolute atomic E-state index is 0.598. The van der Waals surface area contributed by atoms with Crippen molar-refractivity contribution in [2.75, 3.05) is 6.54 Å². The Balaban J connectivity index is 2.50. The minimum Gasteiger partial charge on any atom is -0.449 e. The lowest BCUT2D eigenvalue weighted by Crippen LogP contribution is -2.02. The van der Waals surface area contributed by atoms with Crippen molar-refractivity contribution in [2.24, 2.45) is 5.73 Å². The van der Waals surface area contributed by atoms with E-state index in [1.54, 1.807) is 12.5 Å². The molecule has 2 N–H and O–H groups in total. The number of hydrogen-bond acceptors (Lipinski definition) is 3. The molecule has 0 radical (unpaired) electrons. The maximum atomic E-state index is 5.22. The Morgan fingerprint density at radius 1 is 1.75 bits per heavy atom. The summed E-state index contributed by atoms with van der Waals surface area (Å²) in [6, 6.07) is 0. The van der Waals surface area contributed by atoms with Gasteiger partial charge in [-0.15, -0.1) is 0 Å². The number of aromatic nitrogens is 1. The van der Waals surface area contributed by atoms with Crippen LogP contribution in [0.25, 0.3) is 0 Å². The van der Waals surface area contributed by atoms with Crippen LogP contribution in [0, 0.1) is 0 Å². The van der Waals surface area contributed by atoms with E-state index in [1.807, 2.05) is 0 Å². The van der Waals surface area contributed by atoms with Gasteiger partial charge in [0.2, 0.25) is 0 Å². The number of nitrogens with two attached hydrogens (primary N) is 1. The van der Waals surface area contributed by atoms with Crippen molar-refractivity contribution in [1.29, 1.82) is 0 Å². The first-order valence-corrected chi connectivity index (χ1v) is 2.52. The SMILES string of the molecule is NCCc1ncco1. The van der Waals surface area contributed by atoms with Gasteiger partial charge in [0.05, 0.1) is 6.20 Å². The van der Waals surface area contributed by atoms with Crippen LogP contribution in [-0.4, -0.2) is 11.5 Å². The molecule has 1 aromatic heterocycles. The molecule has 0 unspecified atom stereocenters. The number of hydrogen-bond donors (Lipinski definition) is 1. The third-order valence-corrected chi connectivity index (χ3v) is 0.842. The molecule has 3 nitrogen and oxygen atoms in total. The molecule has 0 saturated carbocycles. The highest BCUT2D eigenvalue weighted by molar-refractivity contribution is 4.79. The van der Waals surface area contributed by atoms with Crippen LogP contribution in [0.1, 0.15) is 5.89 Å². The molecule has 0 aliphatic rings. The van der Waals surface area contributed by atoms with Gasteiger partial charge in [-0.2, -0.15) is 0 Å². The second-order valence-corrected chi connectivity index (χ2v) is 1.46. The number of rotatable bonds is 2. The molecule has 0 aromatic carbocycles. The van der Waals surface area contributed by atoms with Gasteiger partial charge in [0.15, 0.2) is 5.89 Å². The zero-order valence-corrected chi connectivity index (χ0v) is 4.50. The Morgan fingerprint density at radius 2 is 2.62 bits per heavy atom. The summed E-state index contributed by atoms with van der Waals surface area (Å²) in [5.74, 6) is 0.715. The molecule has 0 bridgehead atoms. The minimum atomic E-state index is 0.598. The van der Waals surface area contributed by atoms with Crippen LogP contribution >= 0.6 is 0 Å². The summed E-state index contributed by atoms with van der Waals surface area (Å²) in [4.78, 5) is 3.86. The highest BCUT2D eigenvalue weighted by Crippen LogP contribution is 1.92. The van der Waals surface area contributed by atoms with Crippen LogP contribution in [0.4, 0.5) is 0 Å². The zero-order valence-electron chi connectivity index (χ0n) is 4.50. The van der Waals surface area contributed by atoms with Crippen molar-refractivity contribution < 1.29 is 4.42 Å². The molecule has 0 amide bonds. The lowest BCUT2D eigenvalue weighted by molar-refractivity contribution is 0.496. The summed E-state index contributed by atoms with van der Waals surface area (Å²) in [5.41, 5.74) is 5.22. The molecule has 0 fully saturated rings. The molecule has 0 spiro atoms. The number of oxazole rings is 1. The molecule has 1 rings (SSSR count). The summed E-state index contributed by atoms with van der Waals surface area (Å²) >= 11 is 0. The molecular weight excluding hydrogens is 104 g/mol. The summed E-state index contributed by atoms with van der Waals surface area (Å²) < 4.78 is 4.88. The van der Waals surface area contributed by atoms with E-state index >= 15 is 0 Å². The van der Waals surface area contributed by atoms with Crippen molar-refractivity contribution >= 4 is 0 Å². The van der Waals surface area contributed by atoms with Gasteiger partial charge in [-0.1, -0.05) is 0 Å². The van der Waals surface area contributed by atoms with Gasteiger partial charge in [0, 0.05) is 13.0 Å². The Kier molecular flexibility index (Phi) is 1.64. The molecule has 0 atom stereocenters. The van der Waals surface area contributed by atoms with Gasteiger partial charge >= 0.3 is 0 Å². The van der Waals surface area contributed by atoms with Crippen LogP contribution in [0.5, 0.6) is 0 Å². The fourth-order valence-electron chi connectivity index (χ4n) is 0.500. The van der Waals surface area contributed by atoms with Gasteiger partial charge in [-0.3, -0.25) is 0 Å². The monoisotopic (exact) mass is 112 g/mol. The lowest BCUT2D eigenvalue weighted by Gasteiger charge is -1.84. The van der Waals surface area contributed by atoms with E-state index in [0.717, 1.165) is 6.42 Å². The highest BCUT2D eigenvalue weighted by Gasteiger charge is 1.90. The topological polar surface area (TPSA) is 52.0 Å². The van der Waals surface area contributed by atoms with Gasteiger partial charge in [0.1, 0.15) is 6.26 Å². The van der Waals surface area contributed by atoms with Crippen LogP contribution in [0.2, 0.25) is 0 Å². The molecule has 0 aliphatic heterocycles. The molecule has 0 aliphatic carbocycles. The maximum absolute atomic E-state index is 5.22. The van der Waals surface area contributed by atoms with Gasteiger partial charge in [0.25, 0.3) is 0 Å². The summed E-state index contributed by atoms with van der Waals surface area (Å²) in [6.07, 6.45) is 3.89. The van der Waals surface area contributed by atoms with Crippen LogP contribution < -0.4 is 5.73 Å². The molecule has 44 valence electrons. The number of nitrogens with zero attached hydrogens (tertiary/aromatic N) is 1. The summed E-state index contributed by atoms with van der Waals surface area (Å²) in [5, 5.41) is 0. The summed E-state index contributed by atoms with van der Waals surface area (Å²) in [7, 11) is 0. The fraction of sp³-hybridized carbons (Fsp3) is 0.400. The first-order chi connectivity index (χ1) is 3.93. The zero-order chi connectivity index (χ0) is 5.82. The van der Waals surface area contributed by atoms with E-state index in [1.165, 1.54) is 0 Å². The van der Waals surface area contributed by atoms with Crippen molar-refractivity contribution in [3.8, 4) is 0 Å². The van der Waals surface area contributed by atoms with Crippen molar-refractivity contribution in [2.45, 2.75) is 6.42 Å². The Morgan fingerprint density at radius 3 is 3.12 bits per heavy atom. The average molecular weight is 112 g/mol. The van der Waals surface area contributed by atoms with Gasteiger partial charge in [-0.25, -0.2) is 4.98 Å². The molecular formula is C5H8N2O. The molecule has 1 aromatic rings. The quantitative estimate of drug-likeness (QED) is 0.593. The predicted molar refractivity (Wildman–Crippen MR) is 29.3 cm³/mol. The van der Waals surface area contributed by atoms with Crippen LogP contribution in [-0.2, 0) is 6.42 Å². The van der Waals surface area contributed by atoms with E-state index in [2.05, 4.69) is 4.98 Å². The van der Waals surface area contributed by atoms with Crippen LogP contribution in [0.3, 0.4) is 0 Å². The first kappa shape index (κ1) is 5.31. The molecule has 1 heterocycles. The second-order valence-electron chi connectivity index (χ2n) is 1.46. The van der Waals surface area contributed by atoms with Crippen LogP contribution in [0.15, 0.2) is 16.9 Å². The third-order valence-electron chi connectivity index (χ3n) is 0.842. The van der Waals surface area contributed by atoms with Crippen molar-refractivity contribution in [3.63, 3.8) is 0 Å². The van der Waals surface area contributed by atoms with E-state index in [-0.39, 0.29) is 0 Å². The predicted octanol–water partition coefficient (Wildman–Crippen LogP) is 0.176. The summed E-state index contributed by atoms with van der Waals surface area (Å²) in [6.45, 7) is 0.598. The third kappa shape index (κ3) is 1.07. The maximum Gasteiger partial charge on any atom is 0.195 e. The largest absolute Gasteiger partial charge is 0.449 e. The second kappa shape index (κ2) is 2.47. The van der Waals surface area contributed by atoms with E-state index in [4.69, 9.17) is 10.2 Å². The van der Waals surface area contributed by atoms with E-state index < -0.39 is 0 Å². The fourth-order valence-corrected chi connectivity index (χ4v) is 0.500.